The lowest BCUT2D eigenvalue weighted by molar-refractivity contribution is 0.739. The fraction of sp³-hybridized carbons (Fsp3) is 0.250. The second kappa shape index (κ2) is 3.78. The van der Waals surface area contributed by atoms with Gasteiger partial charge in [-0.2, -0.15) is 5.10 Å². The van der Waals surface area contributed by atoms with Crippen molar-refractivity contribution in [1.29, 1.82) is 0 Å². The summed E-state index contributed by atoms with van der Waals surface area (Å²) in [6, 6.07) is 0. The van der Waals surface area contributed by atoms with Crippen LogP contribution in [0.25, 0.3) is 0 Å². The molecule has 60 valence electrons. The van der Waals surface area contributed by atoms with Crippen LogP contribution in [0.5, 0.6) is 0 Å². The summed E-state index contributed by atoms with van der Waals surface area (Å²) in [6.45, 7) is 0. The minimum atomic E-state index is 1.14. The standard InChI is InChI=1S/C4H4N2S5/c1-6-2-3-4(5-6)8-10-11-9-7-3/h2H,1H3. The first kappa shape index (κ1) is 8.55. The smallest absolute Gasteiger partial charge is 0.144 e. The Hall–Kier alpha value is 0.960. The summed E-state index contributed by atoms with van der Waals surface area (Å²) in [5.74, 6) is 0. The predicted octanol–water partition coefficient (Wildman–Crippen LogP) is 3.48. The Bertz CT molecular complexity index is 235. The molecule has 1 aromatic heterocycles. The van der Waals surface area contributed by atoms with Crippen LogP contribution in [0.15, 0.2) is 16.1 Å². The number of hydrogen-bond acceptors (Lipinski definition) is 6. The van der Waals surface area contributed by atoms with E-state index < -0.39 is 0 Å². The summed E-state index contributed by atoms with van der Waals surface area (Å²) in [4.78, 5) is 1.28. The van der Waals surface area contributed by atoms with Crippen LogP contribution in [0.3, 0.4) is 0 Å². The number of fused-ring (bicyclic) bond motifs is 1. The normalized spacial score (nSPS) is 17.5. The Morgan fingerprint density at radius 3 is 3.00 bits per heavy atom. The molecule has 1 aliphatic heterocycles. The molecular weight excluding hydrogens is 236 g/mol. The molecule has 11 heavy (non-hydrogen) atoms. The summed E-state index contributed by atoms with van der Waals surface area (Å²) in [5, 5.41) is 5.46. The lowest BCUT2D eigenvalue weighted by atomic mass is 10.7. The molecule has 2 heterocycles. The van der Waals surface area contributed by atoms with Gasteiger partial charge < -0.3 is 0 Å². The van der Waals surface area contributed by atoms with Gasteiger partial charge in [0.15, 0.2) is 0 Å². The monoisotopic (exact) mass is 240 g/mol. The van der Waals surface area contributed by atoms with Gasteiger partial charge in [-0.15, -0.1) is 0 Å². The van der Waals surface area contributed by atoms with E-state index in [1.54, 1.807) is 51.1 Å². The minimum Gasteiger partial charge on any atom is -0.273 e. The van der Waals surface area contributed by atoms with Crippen molar-refractivity contribution in [2.45, 2.75) is 9.92 Å². The van der Waals surface area contributed by atoms with E-state index in [2.05, 4.69) is 11.3 Å². The van der Waals surface area contributed by atoms with Gasteiger partial charge >= 0.3 is 0 Å². The van der Waals surface area contributed by atoms with Crippen molar-refractivity contribution in [2.75, 3.05) is 0 Å². The maximum atomic E-state index is 4.32. The third kappa shape index (κ3) is 2.00. The molecule has 0 spiro atoms. The number of aryl methyl sites for hydroxylation is 1. The third-order valence-corrected chi connectivity index (χ3v) is 9.35. The maximum absolute atomic E-state index is 4.32. The van der Waals surface area contributed by atoms with Gasteiger partial charge in [-0.25, -0.2) is 0 Å². The van der Waals surface area contributed by atoms with Gasteiger partial charge in [0.05, 0.1) is 4.90 Å². The van der Waals surface area contributed by atoms with Crippen molar-refractivity contribution in [2.24, 2.45) is 7.05 Å². The van der Waals surface area contributed by atoms with E-state index in [0.717, 1.165) is 5.03 Å². The first-order valence-electron chi connectivity index (χ1n) is 2.74. The highest BCUT2D eigenvalue weighted by molar-refractivity contribution is 9.36. The molecule has 0 aromatic carbocycles. The first-order chi connectivity index (χ1) is 5.36. The molecule has 0 radical (unpaired) electrons. The zero-order valence-corrected chi connectivity index (χ0v) is 9.60. The highest BCUT2D eigenvalue weighted by Crippen LogP contribution is 2.58. The van der Waals surface area contributed by atoms with Gasteiger partial charge in [-0.1, -0.05) is 0 Å². The molecular formula is C4H4N2S5. The molecule has 0 aliphatic carbocycles. The molecule has 0 saturated carbocycles. The van der Waals surface area contributed by atoms with Crippen LogP contribution < -0.4 is 0 Å². The van der Waals surface area contributed by atoms with Crippen LogP contribution in [0, 0.1) is 0 Å². The lowest BCUT2D eigenvalue weighted by Gasteiger charge is -1.88. The molecule has 0 fully saturated rings. The summed E-state index contributed by atoms with van der Waals surface area (Å²) in [7, 11) is 10.8. The van der Waals surface area contributed by atoms with E-state index in [-0.39, 0.29) is 0 Å². The molecule has 0 N–H and O–H groups in total. The van der Waals surface area contributed by atoms with Gasteiger partial charge in [0.25, 0.3) is 0 Å². The molecule has 0 saturated heterocycles. The van der Waals surface area contributed by atoms with Crippen molar-refractivity contribution in [3.8, 4) is 0 Å². The molecule has 2 nitrogen and oxygen atoms in total. The summed E-state index contributed by atoms with van der Waals surface area (Å²) < 4.78 is 1.86. The van der Waals surface area contributed by atoms with Crippen LogP contribution in [-0.4, -0.2) is 9.78 Å². The van der Waals surface area contributed by atoms with Crippen molar-refractivity contribution in [3.63, 3.8) is 0 Å². The molecule has 2 rings (SSSR count). The number of nitrogens with zero attached hydrogens (tertiary/aromatic N) is 2. The van der Waals surface area contributed by atoms with E-state index in [9.17, 15) is 0 Å². The van der Waals surface area contributed by atoms with Gasteiger partial charge in [0.1, 0.15) is 5.03 Å². The van der Waals surface area contributed by atoms with Crippen LogP contribution in [0.2, 0.25) is 0 Å². The van der Waals surface area contributed by atoms with E-state index >= 15 is 0 Å². The quantitative estimate of drug-likeness (QED) is 0.641. The zero-order chi connectivity index (χ0) is 7.68. The molecule has 0 amide bonds. The average Bonchev–Trinajstić information content (AvgIpc) is 2.17. The van der Waals surface area contributed by atoms with Crippen molar-refractivity contribution < 1.29 is 0 Å². The summed E-state index contributed by atoms with van der Waals surface area (Å²) in [6.07, 6.45) is 2.06. The van der Waals surface area contributed by atoms with Crippen LogP contribution >= 0.6 is 51.1 Å². The Morgan fingerprint density at radius 1 is 1.27 bits per heavy atom. The molecule has 7 heteroatoms. The number of aromatic nitrogens is 2. The zero-order valence-electron chi connectivity index (χ0n) is 5.51. The Morgan fingerprint density at radius 2 is 2.09 bits per heavy atom. The molecule has 1 aliphatic rings. The third-order valence-electron chi connectivity index (χ3n) is 1.06. The van der Waals surface area contributed by atoms with Crippen LogP contribution in [0.4, 0.5) is 0 Å². The Kier molecular flexibility index (Phi) is 2.94. The highest BCUT2D eigenvalue weighted by Gasteiger charge is 2.13. The predicted molar refractivity (Wildman–Crippen MR) is 57.7 cm³/mol. The lowest BCUT2D eigenvalue weighted by Crippen LogP contribution is -1.85. The van der Waals surface area contributed by atoms with E-state index in [1.807, 2.05) is 11.7 Å². The van der Waals surface area contributed by atoms with Gasteiger partial charge in [0, 0.05) is 13.2 Å². The second-order valence-corrected chi connectivity index (χ2v) is 9.31. The van der Waals surface area contributed by atoms with Gasteiger partial charge in [0.2, 0.25) is 0 Å². The van der Waals surface area contributed by atoms with E-state index in [4.69, 9.17) is 0 Å². The topological polar surface area (TPSA) is 17.8 Å². The maximum Gasteiger partial charge on any atom is 0.144 e. The molecule has 0 bridgehead atoms. The summed E-state index contributed by atoms with van der Waals surface area (Å²) >= 11 is 0. The first-order valence-corrected chi connectivity index (χ1v) is 8.89. The molecule has 0 unspecified atom stereocenters. The number of rotatable bonds is 0. The fourth-order valence-electron chi connectivity index (χ4n) is 0.669. The van der Waals surface area contributed by atoms with E-state index in [1.165, 1.54) is 4.90 Å². The van der Waals surface area contributed by atoms with Crippen molar-refractivity contribution in [3.05, 3.63) is 6.20 Å². The van der Waals surface area contributed by atoms with Crippen LogP contribution in [-0.2, 0) is 7.05 Å². The molecule has 1 aromatic rings. The minimum absolute atomic E-state index is 1.14. The number of hydrogen-bond donors (Lipinski definition) is 0. The van der Waals surface area contributed by atoms with Crippen molar-refractivity contribution in [1.82, 2.24) is 9.78 Å². The molecule has 0 atom stereocenters. The van der Waals surface area contributed by atoms with Gasteiger partial charge in [-0.3, -0.25) is 4.68 Å². The highest BCUT2D eigenvalue weighted by atomic mass is 33.8. The van der Waals surface area contributed by atoms with E-state index in [0.29, 0.717) is 0 Å². The van der Waals surface area contributed by atoms with Crippen LogP contribution in [0.1, 0.15) is 0 Å². The summed E-state index contributed by atoms with van der Waals surface area (Å²) in [5.41, 5.74) is 0. The second-order valence-electron chi connectivity index (χ2n) is 1.84. The Labute approximate surface area is 83.6 Å². The largest absolute Gasteiger partial charge is 0.273 e. The van der Waals surface area contributed by atoms with Gasteiger partial charge in [-0.05, 0) is 51.1 Å². The fourth-order valence-corrected chi connectivity index (χ4v) is 9.33. The Balaban J connectivity index is 2.32. The van der Waals surface area contributed by atoms with Crippen molar-refractivity contribution >= 4 is 51.1 Å². The SMILES string of the molecule is Cn1cc2c(n1)SSSSS2. The average molecular weight is 240 g/mol.